The van der Waals surface area contributed by atoms with E-state index in [-0.39, 0.29) is 0 Å². The molecule has 0 aliphatic carbocycles. The number of rotatable bonds is 2. The lowest BCUT2D eigenvalue weighted by atomic mass is 10.2. The number of benzene rings is 1. The van der Waals surface area contributed by atoms with Crippen molar-refractivity contribution in [2.45, 2.75) is 0 Å². The second-order valence-corrected chi connectivity index (χ2v) is 3.18. The SMILES string of the molecule is O=C(O)C=Cc1cc(Cl)ccc1Cl. The standard InChI is InChI=1S/C9H6Cl2O2/c10-7-2-3-8(11)6(5-7)1-4-9(12)13/h1-5H,(H,12,13). The highest BCUT2D eigenvalue weighted by molar-refractivity contribution is 6.34. The van der Waals surface area contributed by atoms with Gasteiger partial charge in [-0.1, -0.05) is 23.2 Å². The van der Waals surface area contributed by atoms with Crippen LogP contribution in [0.25, 0.3) is 6.08 Å². The van der Waals surface area contributed by atoms with Crippen LogP contribution >= 0.6 is 23.2 Å². The molecule has 0 radical (unpaired) electrons. The van der Waals surface area contributed by atoms with Crippen LogP contribution in [0.3, 0.4) is 0 Å². The molecular weight excluding hydrogens is 211 g/mol. The third kappa shape index (κ3) is 3.09. The van der Waals surface area contributed by atoms with Crippen molar-refractivity contribution in [3.63, 3.8) is 0 Å². The lowest BCUT2D eigenvalue weighted by Gasteiger charge is -1.97. The van der Waals surface area contributed by atoms with Gasteiger partial charge in [-0.25, -0.2) is 4.79 Å². The first-order valence-electron chi connectivity index (χ1n) is 3.45. The summed E-state index contributed by atoms with van der Waals surface area (Å²) in [5.41, 5.74) is 0.594. The normalized spacial score (nSPS) is 10.6. The quantitative estimate of drug-likeness (QED) is 0.772. The Kier molecular flexibility index (Phi) is 3.34. The molecule has 0 bridgehead atoms. The summed E-state index contributed by atoms with van der Waals surface area (Å²) >= 11 is 11.5. The van der Waals surface area contributed by atoms with Crippen LogP contribution in [0.4, 0.5) is 0 Å². The minimum absolute atomic E-state index is 0.474. The molecule has 1 aromatic carbocycles. The maximum atomic E-state index is 10.2. The van der Waals surface area contributed by atoms with Gasteiger partial charge in [0.15, 0.2) is 0 Å². The number of aliphatic carboxylic acids is 1. The van der Waals surface area contributed by atoms with Gasteiger partial charge in [0.05, 0.1) is 0 Å². The van der Waals surface area contributed by atoms with E-state index in [0.717, 1.165) is 6.08 Å². The van der Waals surface area contributed by atoms with E-state index in [1.165, 1.54) is 6.08 Å². The smallest absolute Gasteiger partial charge is 0.328 e. The molecule has 1 N–H and O–H groups in total. The molecule has 0 atom stereocenters. The number of hydrogen-bond acceptors (Lipinski definition) is 1. The summed E-state index contributed by atoms with van der Waals surface area (Å²) in [5, 5.41) is 9.37. The van der Waals surface area contributed by atoms with Gasteiger partial charge in [-0.15, -0.1) is 0 Å². The van der Waals surface area contributed by atoms with Gasteiger partial charge in [-0.05, 0) is 29.8 Å². The zero-order valence-electron chi connectivity index (χ0n) is 6.50. The van der Waals surface area contributed by atoms with Crippen molar-refractivity contribution in [1.82, 2.24) is 0 Å². The van der Waals surface area contributed by atoms with Gasteiger partial charge in [0, 0.05) is 16.1 Å². The van der Waals surface area contributed by atoms with Crippen molar-refractivity contribution in [3.05, 3.63) is 39.9 Å². The number of carboxylic acid groups (broad SMARTS) is 1. The van der Waals surface area contributed by atoms with E-state index in [1.807, 2.05) is 0 Å². The second-order valence-electron chi connectivity index (χ2n) is 2.34. The van der Waals surface area contributed by atoms with Crippen molar-refractivity contribution < 1.29 is 9.90 Å². The monoisotopic (exact) mass is 216 g/mol. The average Bonchev–Trinajstić information content (AvgIpc) is 2.06. The average molecular weight is 217 g/mol. The van der Waals surface area contributed by atoms with Gasteiger partial charge in [-0.3, -0.25) is 0 Å². The Bertz CT molecular complexity index is 359. The molecule has 13 heavy (non-hydrogen) atoms. The lowest BCUT2D eigenvalue weighted by Crippen LogP contribution is -1.86. The summed E-state index contributed by atoms with van der Waals surface area (Å²) in [6.07, 6.45) is 2.41. The molecule has 0 unspecified atom stereocenters. The predicted octanol–water partition coefficient (Wildman–Crippen LogP) is 3.09. The molecule has 68 valence electrons. The Morgan fingerprint density at radius 1 is 1.38 bits per heavy atom. The second kappa shape index (κ2) is 4.30. The van der Waals surface area contributed by atoms with Crippen LogP contribution in [0, 0.1) is 0 Å². The van der Waals surface area contributed by atoms with Gasteiger partial charge >= 0.3 is 5.97 Å². The topological polar surface area (TPSA) is 37.3 Å². The Morgan fingerprint density at radius 2 is 2.08 bits per heavy atom. The molecular formula is C9H6Cl2O2. The maximum absolute atomic E-state index is 10.2. The Morgan fingerprint density at radius 3 is 2.69 bits per heavy atom. The van der Waals surface area contributed by atoms with Crippen LogP contribution in [-0.4, -0.2) is 11.1 Å². The van der Waals surface area contributed by atoms with Gasteiger partial charge < -0.3 is 5.11 Å². The highest BCUT2D eigenvalue weighted by atomic mass is 35.5. The highest BCUT2D eigenvalue weighted by Crippen LogP contribution is 2.21. The van der Waals surface area contributed by atoms with Crippen LogP contribution in [0.2, 0.25) is 10.0 Å². The van der Waals surface area contributed by atoms with Crippen molar-refractivity contribution in [2.75, 3.05) is 0 Å². The van der Waals surface area contributed by atoms with E-state index in [9.17, 15) is 4.79 Å². The van der Waals surface area contributed by atoms with Gasteiger partial charge in [0.2, 0.25) is 0 Å². The molecule has 0 saturated heterocycles. The van der Waals surface area contributed by atoms with E-state index in [2.05, 4.69) is 0 Å². The Hall–Kier alpha value is -0.990. The largest absolute Gasteiger partial charge is 0.478 e. The van der Waals surface area contributed by atoms with Crippen molar-refractivity contribution in [2.24, 2.45) is 0 Å². The van der Waals surface area contributed by atoms with Gasteiger partial charge in [0.25, 0.3) is 0 Å². The summed E-state index contributed by atoms with van der Waals surface area (Å²) in [6.45, 7) is 0. The molecule has 2 nitrogen and oxygen atoms in total. The molecule has 0 aliphatic heterocycles. The fraction of sp³-hybridized carbons (Fsp3) is 0. The van der Waals surface area contributed by atoms with Crippen LogP contribution in [0.5, 0.6) is 0 Å². The number of halogens is 2. The summed E-state index contributed by atoms with van der Waals surface area (Å²) in [7, 11) is 0. The molecule has 1 aromatic rings. The Balaban J connectivity index is 3.00. The first-order valence-corrected chi connectivity index (χ1v) is 4.21. The van der Waals surface area contributed by atoms with E-state index in [0.29, 0.717) is 15.6 Å². The summed E-state index contributed by atoms with van der Waals surface area (Å²) in [5.74, 6) is -1.02. The van der Waals surface area contributed by atoms with E-state index < -0.39 is 5.97 Å². The fourth-order valence-corrected chi connectivity index (χ4v) is 1.16. The van der Waals surface area contributed by atoms with Crippen molar-refractivity contribution in [1.29, 1.82) is 0 Å². The Labute approximate surface area is 85.4 Å². The zero-order valence-corrected chi connectivity index (χ0v) is 8.01. The first kappa shape index (κ1) is 10.1. The molecule has 0 aromatic heterocycles. The third-order valence-corrected chi connectivity index (χ3v) is 1.94. The first-order chi connectivity index (χ1) is 6.09. The van der Waals surface area contributed by atoms with Crippen LogP contribution in [-0.2, 0) is 4.79 Å². The van der Waals surface area contributed by atoms with Crippen LogP contribution in [0.15, 0.2) is 24.3 Å². The molecule has 1 rings (SSSR count). The third-order valence-electron chi connectivity index (χ3n) is 1.36. The minimum Gasteiger partial charge on any atom is -0.478 e. The highest BCUT2D eigenvalue weighted by Gasteiger charge is 1.97. The van der Waals surface area contributed by atoms with Crippen molar-refractivity contribution in [3.8, 4) is 0 Å². The number of carboxylic acids is 1. The molecule has 0 spiro atoms. The maximum Gasteiger partial charge on any atom is 0.328 e. The van der Waals surface area contributed by atoms with E-state index in [1.54, 1.807) is 18.2 Å². The zero-order chi connectivity index (χ0) is 9.84. The van der Waals surface area contributed by atoms with Crippen molar-refractivity contribution >= 4 is 35.2 Å². The predicted molar refractivity (Wildman–Crippen MR) is 53.1 cm³/mol. The molecule has 0 fully saturated rings. The van der Waals surface area contributed by atoms with Crippen LogP contribution < -0.4 is 0 Å². The number of hydrogen-bond donors (Lipinski definition) is 1. The van der Waals surface area contributed by atoms with Crippen LogP contribution in [0.1, 0.15) is 5.56 Å². The van der Waals surface area contributed by atoms with E-state index in [4.69, 9.17) is 28.3 Å². The summed E-state index contributed by atoms with van der Waals surface area (Å²) < 4.78 is 0. The molecule has 0 heterocycles. The van der Waals surface area contributed by atoms with E-state index >= 15 is 0 Å². The molecule has 0 saturated carbocycles. The summed E-state index contributed by atoms with van der Waals surface area (Å²) in [4.78, 5) is 10.2. The number of carbonyl (C=O) groups is 1. The van der Waals surface area contributed by atoms with Gasteiger partial charge in [-0.2, -0.15) is 0 Å². The molecule has 0 amide bonds. The van der Waals surface area contributed by atoms with Gasteiger partial charge in [0.1, 0.15) is 0 Å². The minimum atomic E-state index is -1.02. The summed E-state index contributed by atoms with van der Waals surface area (Å²) in [6, 6.07) is 4.86. The fourth-order valence-electron chi connectivity index (χ4n) is 0.803. The molecule has 0 aliphatic rings. The lowest BCUT2D eigenvalue weighted by molar-refractivity contribution is -0.131. The molecule has 4 heteroatoms.